The van der Waals surface area contributed by atoms with Crippen LogP contribution in [0.4, 0.5) is 5.69 Å². The molecular formula is C14H22N2O2S. The molecule has 1 saturated heterocycles. The number of sulfone groups is 1. The molecule has 0 saturated carbocycles. The Morgan fingerprint density at radius 1 is 1.42 bits per heavy atom. The molecule has 1 heterocycles. The van der Waals surface area contributed by atoms with Crippen LogP contribution in [0.2, 0.25) is 0 Å². The van der Waals surface area contributed by atoms with E-state index < -0.39 is 9.84 Å². The fourth-order valence-corrected chi connectivity index (χ4v) is 4.39. The summed E-state index contributed by atoms with van der Waals surface area (Å²) in [5.41, 5.74) is 8.29. The maximum Gasteiger partial charge on any atom is 0.152 e. The van der Waals surface area contributed by atoms with Crippen LogP contribution in [-0.4, -0.2) is 33.0 Å². The minimum atomic E-state index is -2.86. The summed E-state index contributed by atoms with van der Waals surface area (Å²) in [4.78, 5) is 2.08. The fraction of sp³-hybridized carbons (Fsp3) is 0.571. The first kappa shape index (κ1) is 14.3. The third-order valence-electron chi connectivity index (χ3n) is 3.91. The van der Waals surface area contributed by atoms with Gasteiger partial charge in [-0.1, -0.05) is 25.1 Å². The zero-order valence-corrected chi connectivity index (χ0v) is 12.4. The number of benzene rings is 1. The SMILES string of the molecule is CCC(N)c1ccccc1N(C)C1CCS(=O)(=O)C1. The molecule has 2 N–H and O–H groups in total. The molecule has 1 aliphatic rings. The minimum absolute atomic E-state index is 0.00309. The van der Waals surface area contributed by atoms with Crippen molar-refractivity contribution in [2.75, 3.05) is 23.5 Å². The molecule has 106 valence electrons. The Morgan fingerprint density at radius 3 is 2.68 bits per heavy atom. The predicted octanol–water partition coefficient (Wildman–Crippen LogP) is 1.72. The van der Waals surface area contributed by atoms with E-state index in [1.807, 2.05) is 31.3 Å². The van der Waals surface area contributed by atoms with Crippen LogP contribution in [0.3, 0.4) is 0 Å². The van der Waals surface area contributed by atoms with E-state index in [1.54, 1.807) is 0 Å². The van der Waals surface area contributed by atoms with Crippen LogP contribution < -0.4 is 10.6 Å². The number of nitrogens with two attached hydrogens (primary N) is 1. The average molecular weight is 282 g/mol. The summed E-state index contributed by atoms with van der Waals surface area (Å²) >= 11 is 0. The molecule has 1 fully saturated rings. The van der Waals surface area contributed by atoms with Crippen LogP contribution in [0.5, 0.6) is 0 Å². The van der Waals surface area contributed by atoms with Crippen molar-refractivity contribution in [3.05, 3.63) is 29.8 Å². The molecule has 1 aromatic rings. The zero-order valence-electron chi connectivity index (χ0n) is 11.5. The molecule has 19 heavy (non-hydrogen) atoms. The second-order valence-electron chi connectivity index (χ2n) is 5.24. The van der Waals surface area contributed by atoms with Gasteiger partial charge in [0.15, 0.2) is 9.84 Å². The lowest BCUT2D eigenvalue weighted by Gasteiger charge is -2.29. The van der Waals surface area contributed by atoms with Gasteiger partial charge in [0.2, 0.25) is 0 Å². The maximum atomic E-state index is 11.6. The first-order valence-electron chi connectivity index (χ1n) is 6.72. The maximum absolute atomic E-state index is 11.6. The van der Waals surface area contributed by atoms with E-state index in [4.69, 9.17) is 5.73 Å². The topological polar surface area (TPSA) is 63.4 Å². The highest BCUT2D eigenvalue weighted by molar-refractivity contribution is 7.91. The number of rotatable bonds is 4. The lowest BCUT2D eigenvalue weighted by molar-refractivity contribution is 0.600. The lowest BCUT2D eigenvalue weighted by atomic mass is 10.0. The quantitative estimate of drug-likeness (QED) is 0.913. The summed E-state index contributed by atoms with van der Waals surface area (Å²) in [5, 5.41) is 0. The summed E-state index contributed by atoms with van der Waals surface area (Å²) in [6.45, 7) is 2.06. The largest absolute Gasteiger partial charge is 0.370 e. The second kappa shape index (κ2) is 5.51. The summed E-state index contributed by atoms with van der Waals surface area (Å²) < 4.78 is 23.2. The van der Waals surface area contributed by atoms with Gasteiger partial charge in [0.05, 0.1) is 11.5 Å². The highest BCUT2D eigenvalue weighted by atomic mass is 32.2. The third-order valence-corrected chi connectivity index (χ3v) is 5.66. The van der Waals surface area contributed by atoms with Gasteiger partial charge in [-0.3, -0.25) is 0 Å². The summed E-state index contributed by atoms with van der Waals surface area (Å²) in [7, 11) is -0.895. The van der Waals surface area contributed by atoms with Crippen molar-refractivity contribution >= 4 is 15.5 Å². The molecule has 0 bridgehead atoms. The van der Waals surface area contributed by atoms with Gasteiger partial charge in [0, 0.05) is 24.8 Å². The molecule has 2 unspecified atom stereocenters. The monoisotopic (exact) mass is 282 g/mol. The molecule has 0 spiro atoms. The van der Waals surface area contributed by atoms with E-state index in [1.165, 1.54) is 0 Å². The van der Waals surface area contributed by atoms with E-state index in [2.05, 4.69) is 11.8 Å². The summed E-state index contributed by atoms with van der Waals surface area (Å²) in [6.07, 6.45) is 1.57. The fourth-order valence-electron chi connectivity index (χ4n) is 2.62. The van der Waals surface area contributed by atoms with Crippen molar-refractivity contribution in [1.82, 2.24) is 0 Å². The van der Waals surface area contributed by atoms with E-state index >= 15 is 0 Å². The average Bonchev–Trinajstić information content (AvgIpc) is 2.77. The van der Waals surface area contributed by atoms with Gasteiger partial charge >= 0.3 is 0 Å². The lowest BCUT2D eigenvalue weighted by Crippen LogP contribution is -2.33. The van der Waals surface area contributed by atoms with Crippen molar-refractivity contribution in [3.63, 3.8) is 0 Å². The molecule has 5 heteroatoms. The predicted molar refractivity (Wildman–Crippen MR) is 79.1 cm³/mol. The van der Waals surface area contributed by atoms with Gasteiger partial charge in [-0.25, -0.2) is 8.42 Å². The van der Waals surface area contributed by atoms with Gasteiger partial charge in [0.25, 0.3) is 0 Å². The van der Waals surface area contributed by atoms with Crippen LogP contribution in [0.25, 0.3) is 0 Å². The molecule has 0 aromatic heterocycles. The van der Waals surface area contributed by atoms with Gasteiger partial charge in [-0.2, -0.15) is 0 Å². The van der Waals surface area contributed by atoms with Crippen LogP contribution in [0, 0.1) is 0 Å². The highest BCUT2D eigenvalue weighted by Gasteiger charge is 2.31. The highest BCUT2D eigenvalue weighted by Crippen LogP contribution is 2.29. The van der Waals surface area contributed by atoms with Crippen molar-refractivity contribution in [1.29, 1.82) is 0 Å². The first-order chi connectivity index (χ1) is 8.94. The Balaban J connectivity index is 2.27. The zero-order chi connectivity index (χ0) is 14.0. The molecule has 2 rings (SSSR count). The Kier molecular flexibility index (Phi) is 4.16. The van der Waals surface area contributed by atoms with Crippen LogP contribution >= 0.6 is 0 Å². The first-order valence-corrected chi connectivity index (χ1v) is 8.54. The van der Waals surface area contributed by atoms with Crippen LogP contribution in [0.1, 0.15) is 31.4 Å². The minimum Gasteiger partial charge on any atom is -0.370 e. The number of hydrogen-bond acceptors (Lipinski definition) is 4. The molecular weight excluding hydrogens is 260 g/mol. The van der Waals surface area contributed by atoms with E-state index in [9.17, 15) is 8.42 Å². The van der Waals surface area contributed by atoms with E-state index in [0.717, 1.165) is 17.7 Å². The molecule has 0 aliphatic carbocycles. The van der Waals surface area contributed by atoms with Crippen molar-refractivity contribution in [2.24, 2.45) is 5.73 Å². The molecule has 0 amide bonds. The summed E-state index contributed by atoms with van der Waals surface area (Å²) in [5.74, 6) is 0.545. The van der Waals surface area contributed by atoms with E-state index in [0.29, 0.717) is 12.2 Å². The Morgan fingerprint density at radius 2 is 2.11 bits per heavy atom. The standard InChI is InChI=1S/C14H22N2O2S/c1-3-13(15)12-6-4-5-7-14(12)16(2)11-8-9-19(17,18)10-11/h4-7,11,13H,3,8-10,15H2,1-2H3. The van der Waals surface area contributed by atoms with Crippen molar-refractivity contribution < 1.29 is 8.42 Å². The van der Waals surface area contributed by atoms with Gasteiger partial charge < -0.3 is 10.6 Å². The van der Waals surface area contributed by atoms with Gasteiger partial charge in [-0.15, -0.1) is 0 Å². The second-order valence-corrected chi connectivity index (χ2v) is 7.47. The Hall–Kier alpha value is -1.07. The molecule has 1 aromatic carbocycles. The number of hydrogen-bond donors (Lipinski definition) is 1. The number of nitrogens with zero attached hydrogens (tertiary/aromatic N) is 1. The normalized spacial score (nSPS) is 23.2. The molecule has 1 aliphatic heterocycles. The number of para-hydroxylation sites is 1. The van der Waals surface area contributed by atoms with E-state index in [-0.39, 0.29) is 17.8 Å². The van der Waals surface area contributed by atoms with Gasteiger partial charge in [-0.05, 0) is 24.5 Å². The third kappa shape index (κ3) is 3.09. The van der Waals surface area contributed by atoms with Gasteiger partial charge in [0.1, 0.15) is 0 Å². The summed E-state index contributed by atoms with van der Waals surface area (Å²) in [6, 6.07) is 8.07. The molecule has 4 nitrogen and oxygen atoms in total. The van der Waals surface area contributed by atoms with Crippen molar-refractivity contribution in [2.45, 2.75) is 31.8 Å². The van der Waals surface area contributed by atoms with Crippen molar-refractivity contribution in [3.8, 4) is 0 Å². The van der Waals surface area contributed by atoms with Crippen LogP contribution in [-0.2, 0) is 9.84 Å². The Bertz CT molecular complexity index is 542. The molecule has 2 atom stereocenters. The Labute approximate surface area is 115 Å². The smallest absolute Gasteiger partial charge is 0.152 e. The van der Waals surface area contributed by atoms with Crippen LogP contribution in [0.15, 0.2) is 24.3 Å². The molecule has 0 radical (unpaired) electrons. The number of anilines is 1.